The van der Waals surface area contributed by atoms with Crippen LogP contribution in [0.5, 0.6) is 0 Å². The molecule has 0 atom stereocenters. The molecule has 0 fully saturated rings. The third kappa shape index (κ3) is 5.00. The molecule has 0 unspecified atom stereocenters. The molecule has 2 aromatic carbocycles. The third-order valence-electron chi connectivity index (χ3n) is 4.10. The summed E-state index contributed by atoms with van der Waals surface area (Å²) < 4.78 is 73.3. The van der Waals surface area contributed by atoms with Gasteiger partial charge in [0.25, 0.3) is 10.0 Å². The molecule has 7 nitrogen and oxygen atoms in total. The van der Waals surface area contributed by atoms with E-state index >= 15 is 0 Å². The van der Waals surface area contributed by atoms with E-state index in [9.17, 15) is 26.4 Å². The number of nitrogens with one attached hydrogen (secondary N) is 1. The van der Waals surface area contributed by atoms with Crippen molar-refractivity contribution in [1.29, 1.82) is 0 Å². The van der Waals surface area contributed by atoms with Crippen LogP contribution in [-0.4, -0.2) is 30.8 Å². The van der Waals surface area contributed by atoms with E-state index < -0.39 is 33.4 Å². The lowest BCUT2D eigenvalue weighted by Crippen LogP contribution is -2.18. The van der Waals surface area contributed by atoms with Gasteiger partial charge in [-0.05, 0) is 49.4 Å². The second-order valence-corrected chi connectivity index (χ2v) is 8.76. The van der Waals surface area contributed by atoms with E-state index in [4.69, 9.17) is 23.2 Å². The van der Waals surface area contributed by atoms with Gasteiger partial charge in [0.1, 0.15) is 5.56 Å². The average molecular weight is 508 g/mol. The van der Waals surface area contributed by atoms with Crippen molar-refractivity contribution < 1.29 is 31.1 Å². The minimum Gasteiger partial charge on any atom is -0.462 e. The molecule has 0 aliphatic heterocycles. The van der Waals surface area contributed by atoms with Gasteiger partial charge in [0, 0.05) is 5.69 Å². The lowest BCUT2D eigenvalue weighted by atomic mass is 10.2. The van der Waals surface area contributed by atoms with Gasteiger partial charge in [-0.3, -0.25) is 4.72 Å². The summed E-state index contributed by atoms with van der Waals surface area (Å²) in [7, 11) is -4.03. The maximum Gasteiger partial charge on any atom is 0.434 e. The molecule has 3 aromatic rings. The van der Waals surface area contributed by atoms with Gasteiger partial charge in [-0.25, -0.2) is 17.9 Å². The molecular weight excluding hydrogens is 494 g/mol. The van der Waals surface area contributed by atoms with E-state index in [2.05, 4.69) is 14.6 Å². The van der Waals surface area contributed by atoms with Crippen LogP contribution in [0.2, 0.25) is 10.0 Å². The number of anilines is 1. The highest BCUT2D eigenvalue weighted by molar-refractivity contribution is 7.92. The highest BCUT2D eigenvalue weighted by atomic mass is 35.5. The maximum absolute atomic E-state index is 13.6. The molecule has 0 aliphatic carbocycles. The van der Waals surface area contributed by atoms with Gasteiger partial charge in [-0.2, -0.15) is 18.3 Å². The average Bonchev–Trinajstić information content (AvgIpc) is 3.16. The van der Waals surface area contributed by atoms with E-state index in [0.717, 1.165) is 12.3 Å². The van der Waals surface area contributed by atoms with Crippen molar-refractivity contribution in [3.8, 4) is 5.69 Å². The predicted octanol–water partition coefficient (Wildman–Crippen LogP) is 5.18. The minimum atomic E-state index is -4.90. The Morgan fingerprint density at radius 2 is 1.78 bits per heavy atom. The number of nitrogens with zero attached hydrogens (tertiary/aromatic N) is 2. The Kier molecular flexibility index (Phi) is 6.72. The normalized spacial score (nSPS) is 11.9. The van der Waals surface area contributed by atoms with Crippen molar-refractivity contribution in [3.05, 3.63) is 70.0 Å². The van der Waals surface area contributed by atoms with Crippen LogP contribution < -0.4 is 4.72 Å². The molecule has 170 valence electrons. The quantitative estimate of drug-likeness (QED) is 0.464. The summed E-state index contributed by atoms with van der Waals surface area (Å²) in [5.74, 6) is -1.16. The second-order valence-electron chi connectivity index (χ2n) is 6.27. The van der Waals surface area contributed by atoms with E-state index in [1.165, 1.54) is 43.3 Å². The Balaban J connectivity index is 1.92. The number of hydrogen-bond donors (Lipinski definition) is 1. The Morgan fingerprint density at radius 3 is 2.34 bits per heavy atom. The maximum atomic E-state index is 13.6. The first-order valence-electron chi connectivity index (χ1n) is 8.84. The number of sulfonamides is 1. The van der Waals surface area contributed by atoms with E-state index in [1.54, 1.807) is 0 Å². The standard InChI is InChI=1S/C19H14Cl2F3N3O4S/c1-2-31-18(28)14-10-25-27(17(14)19(22,23)24)12-5-3-11(4-6-12)26-32(29,30)13-7-8-15(20)16(21)9-13/h3-10,26H,2H2,1H3. The number of esters is 1. The van der Waals surface area contributed by atoms with Crippen LogP contribution in [0.15, 0.2) is 53.6 Å². The Labute approximate surface area is 190 Å². The Hall–Kier alpha value is -2.76. The number of benzene rings is 2. The molecule has 0 saturated heterocycles. The largest absolute Gasteiger partial charge is 0.462 e. The zero-order chi connectivity index (χ0) is 23.7. The van der Waals surface area contributed by atoms with Gasteiger partial charge < -0.3 is 4.74 Å². The van der Waals surface area contributed by atoms with Crippen molar-refractivity contribution in [2.45, 2.75) is 18.0 Å². The molecule has 0 aliphatic rings. The SMILES string of the molecule is CCOC(=O)c1cnn(-c2ccc(NS(=O)(=O)c3ccc(Cl)c(Cl)c3)cc2)c1C(F)(F)F. The van der Waals surface area contributed by atoms with Crippen molar-refractivity contribution in [3.63, 3.8) is 0 Å². The van der Waals surface area contributed by atoms with Crippen molar-refractivity contribution in [2.24, 2.45) is 0 Å². The van der Waals surface area contributed by atoms with Crippen molar-refractivity contribution >= 4 is 44.9 Å². The minimum absolute atomic E-state index is 0.0423. The Bertz CT molecular complexity index is 1260. The number of halogens is 5. The number of carbonyl (C=O) groups excluding carboxylic acids is 1. The molecule has 0 radical (unpaired) electrons. The van der Waals surface area contributed by atoms with Gasteiger partial charge in [-0.15, -0.1) is 0 Å². The van der Waals surface area contributed by atoms with Crippen LogP contribution in [0.3, 0.4) is 0 Å². The number of carbonyl (C=O) groups is 1. The van der Waals surface area contributed by atoms with Crippen LogP contribution in [0.4, 0.5) is 18.9 Å². The topological polar surface area (TPSA) is 90.3 Å². The van der Waals surface area contributed by atoms with E-state index in [1.807, 2.05) is 0 Å². The molecule has 0 saturated carbocycles. The summed E-state index contributed by atoms with van der Waals surface area (Å²) >= 11 is 11.6. The number of ether oxygens (including phenoxy) is 1. The first kappa shape index (κ1) is 23.9. The summed E-state index contributed by atoms with van der Waals surface area (Å²) in [6, 6.07) is 8.65. The third-order valence-corrected chi connectivity index (χ3v) is 6.22. The number of rotatable bonds is 6. The zero-order valence-electron chi connectivity index (χ0n) is 16.2. The van der Waals surface area contributed by atoms with Crippen LogP contribution in [0, 0.1) is 0 Å². The van der Waals surface area contributed by atoms with E-state index in [-0.39, 0.29) is 32.9 Å². The summed E-state index contributed by atoms with van der Waals surface area (Å²) in [6.07, 6.45) is -4.13. The predicted molar refractivity (Wildman–Crippen MR) is 112 cm³/mol. The smallest absolute Gasteiger partial charge is 0.434 e. The van der Waals surface area contributed by atoms with Gasteiger partial charge >= 0.3 is 12.1 Å². The van der Waals surface area contributed by atoms with Crippen molar-refractivity contribution in [1.82, 2.24) is 9.78 Å². The summed E-state index contributed by atoms with van der Waals surface area (Å²) in [6.45, 7) is 1.36. The van der Waals surface area contributed by atoms with Crippen LogP contribution in [0.1, 0.15) is 23.0 Å². The summed E-state index contributed by atoms with van der Waals surface area (Å²) in [4.78, 5) is 11.7. The number of hydrogen-bond acceptors (Lipinski definition) is 5. The van der Waals surface area contributed by atoms with Crippen LogP contribution in [0.25, 0.3) is 5.69 Å². The molecule has 3 rings (SSSR count). The van der Waals surface area contributed by atoms with Crippen LogP contribution in [-0.2, 0) is 20.9 Å². The fraction of sp³-hybridized carbons (Fsp3) is 0.158. The van der Waals surface area contributed by atoms with Gasteiger partial charge in [0.05, 0.1) is 33.4 Å². The summed E-state index contributed by atoms with van der Waals surface area (Å²) in [5, 5.41) is 3.88. The molecule has 1 N–H and O–H groups in total. The highest BCUT2D eigenvalue weighted by Crippen LogP contribution is 2.34. The molecular formula is C19H14Cl2F3N3O4S. The Morgan fingerprint density at radius 1 is 1.12 bits per heavy atom. The fourth-order valence-electron chi connectivity index (χ4n) is 2.70. The lowest BCUT2D eigenvalue weighted by molar-refractivity contribution is -0.143. The van der Waals surface area contributed by atoms with Gasteiger partial charge in [0.15, 0.2) is 5.69 Å². The lowest BCUT2D eigenvalue weighted by Gasteiger charge is -2.13. The molecule has 13 heteroatoms. The van der Waals surface area contributed by atoms with Crippen molar-refractivity contribution in [2.75, 3.05) is 11.3 Å². The number of alkyl halides is 3. The fourth-order valence-corrected chi connectivity index (χ4v) is 4.15. The molecule has 0 spiro atoms. The van der Waals surface area contributed by atoms with E-state index in [0.29, 0.717) is 4.68 Å². The van der Waals surface area contributed by atoms with Gasteiger partial charge in [-0.1, -0.05) is 23.2 Å². The molecule has 32 heavy (non-hydrogen) atoms. The first-order valence-corrected chi connectivity index (χ1v) is 11.1. The molecule has 1 aromatic heterocycles. The highest BCUT2D eigenvalue weighted by Gasteiger charge is 2.41. The zero-order valence-corrected chi connectivity index (χ0v) is 18.5. The van der Waals surface area contributed by atoms with Crippen LogP contribution >= 0.6 is 23.2 Å². The molecule has 0 amide bonds. The number of aromatic nitrogens is 2. The first-order chi connectivity index (χ1) is 14.9. The molecule has 1 heterocycles. The summed E-state index contributed by atoms with van der Waals surface area (Å²) in [5.41, 5.74) is -2.01. The monoisotopic (exact) mass is 507 g/mol. The van der Waals surface area contributed by atoms with Gasteiger partial charge in [0.2, 0.25) is 0 Å². The second kappa shape index (κ2) is 9.00. The molecule has 0 bridgehead atoms.